The van der Waals surface area contributed by atoms with Crippen LogP contribution >= 0.6 is 0 Å². The van der Waals surface area contributed by atoms with E-state index in [2.05, 4.69) is 10.2 Å². The molecule has 1 aromatic heterocycles. The molecule has 7 nitrogen and oxygen atoms in total. The minimum atomic E-state index is -0.278. The molecule has 29 heavy (non-hydrogen) atoms. The number of ether oxygens (including phenoxy) is 2. The van der Waals surface area contributed by atoms with Crippen molar-refractivity contribution in [3.63, 3.8) is 0 Å². The van der Waals surface area contributed by atoms with Crippen molar-refractivity contribution in [2.75, 3.05) is 13.7 Å². The Morgan fingerprint density at radius 3 is 2.69 bits per heavy atom. The first-order valence-electron chi connectivity index (χ1n) is 9.59. The number of carbonyl (C=O) groups excluding carboxylic acids is 1. The van der Waals surface area contributed by atoms with Crippen molar-refractivity contribution in [3.8, 4) is 11.5 Å². The zero-order valence-electron chi connectivity index (χ0n) is 16.7. The second kappa shape index (κ2) is 7.95. The summed E-state index contributed by atoms with van der Waals surface area (Å²) in [5.74, 6) is 2.28. The van der Waals surface area contributed by atoms with Crippen LogP contribution in [0.25, 0.3) is 0 Å². The Balaban J connectivity index is 1.73. The molecule has 7 heteroatoms. The van der Waals surface area contributed by atoms with Crippen LogP contribution in [0.4, 0.5) is 0 Å². The van der Waals surface area contributed by atoms with E-state index in [-0.39, 0.29) is 11.9 Å². The van der Waals surface area contributed by atoms with Gasteiger partial charge in [0.15, 0.2) is 11.5 Å². The number of amides is 1. The van der Waals surface area contributed by atoms with Gasteiger partial charge < -0.3 is 18.8 Å². The van der Waals surface area contributed by atoms with E-state index in [1.165, 1.54) is 0 Å². The summed E-state index contributed by atoms with van der Waals surface area (Å²) in [5, 5.41) is 8.07. The third-order valence-corrected chi connectivity index (χ3v) is 5.03. The summed E-state index contributed by atoms with van der Waals surface area (Å²) in [7, 11) is 1.61. The van der Waals surface area contributed by atoms with Gasteiger partial charge in [0.1, 0.15) is 0 Å². The Morgan fingerprint density at radius 2 is 2.00 bits per heavy atom. The van der Waals surface area contributed by atoms with Crippen molar-refractivity contribution in [2.45, 2.75) is 32.9 Å². The third-order valence-electron chi connectivity index (χ3n) is 5.03. The van der Waals surface area contributed by atoms with Gasteiger partial charge in [-0.25, -0.2) is 0 Å². The van der Waals surface area contributed by atoms with Crippen molar-refractivity contribution in [1.82, 2.24) is 15.1 Å². The first-order valence-corrected chi connectivity index (χ1v) is 9.59. The Hall–Kier alpha value is -3.35. The molecule has 1 aliphatic heterocycles. The van der Waals surface area contributed by atoms with E-state index in [1.807, 2.05) is 54.3 Å². The van der Waals surface area contributed by atoms with Crippen molar-refractivity contribution >= 4 is 5.91 Å². The van der Waals surface area contributed by atoms with Crippen LogP contribution in [0.2, 0.25) is 0 Å². The number of carbonyl (C=O) groups is 1. The van der Waals surface area contributed by atoms with E-state index in [9.17, 15) is 4.79 Å². The predicted molar refractivity (Wildman–Crippen MR) is 106 cm³/mol. The number of methoxy groups -OCH3 is 1. The van der Waals surface area contributed by atoms with Gasteiger partial charge in [0.25, 0.3) is 5.91 Å². The fourth-order valence-electron chi connectivity index (χ4n) is 3.69. The molecule has 0 saturated carbocycles. The van der Waals surface area contributed by atoms with Crippen LogP contribution in [0, 0.1) is 6.92 Å². The van der Waals surface area contributed by atoms with Gasteiger partial charge >= 0.3 is 0 Å². The molecule has 0 bridgehead atoms. The SMILES string of the molecule is CCOc1cc([C@H](Cc2nnc(C)o2)N2Cc3ccccc3C2=O)ccc1OC. The standard InChI is InChI=1S/C22H23N3O4/c1-4-28-20-11-15(9-10-19(20)27-3)18(12-21-24-23-14(2)29-21)25-13-16-7-5-6-8-17(16)22(25)26/h5-11,18H,4,12-13H2,1-3H3/t18-/m0/s1. The van der Waals surface area contributed by atoms with Crippen molar-refractivity contribution in [2.24, 2.45) is 0 Å². The van der Waals surface area contributed by atoms with Gasteiger partial charge in [0.05, 0.1) is 26.2 Å². The van der Waals surface area contributed by atoms with E-state index in [1.54, 1.807) is 14.0 Å². The minimum absolute atomic E-state index is 0.00406. The van der Waals surface area contributed by atoms with Crippen LogP contribution in [-0.4, -0.2) is 34.7 Å². The Labute approximate surface area is 169 Å². The molecule has 2 aromatic carbocycles. The molecule has 0 saturated heterocycles. The van der Waals surface area contributed by atoms with Gasteiger partial charge in [-0.05, 0) is 36.2 Å². The lowest BCUT2D eigenvalue weighted by atomic mass is 10.0. The number of aryl methyl sites for hydroxylation is 1. The second-order valence-corrected chi connectivity index (χ2v) is 6.87. The zero-order valence-corrected chi connectivity index (χ0v) is 16.7. The van der Waals surface area contributed by atoms with Crippen molar-refractivity contribution in [3.05, 3.63) is 70.9 Å². The van der Waals surface area contributed by atoms with E-state index in [4.69, 9.17) is 13.9 Å². The lowest BCUT2D eigenvalue weighted by Gasteiger charge is -2.28. The number of aromatic nitrogens is 2. The summed E-state index contributed by atoms with van der Waals surface area (Å²) in [6.45, 7) is 4.72. The summed E-state index contributed by atoms with van der Waals surface area (Å²) in [5.41, 5.74) is 2.67. The molecule has 0 unspecified atom stereocenters. The number of hydrogen-bond acceptors (Lipinski definition) is 6. The van der Waals surface area contributed by atoms with Crippen molar-refractivity contribution in [1.29, 1.82) is 0 Å². The predicted octanol–water partition coefficient (Wildman–Crippen LogP) is 3.73. The maximum Gasteiger partial charge on any atom is 0.255 e. The van der Waals surface area contributed by atoms with Gasteiger partial charge in [-0.1, -0.05) is 24.3 Å². The third kappa shape index (κ3) is 3.68. The maximum absolute atomic E-state index is 13.1. The van der Waals surface area contributed by atoms with Crippen LogP contribution in [0.15, 0.2) is 46.9 Å². The highest BCUT2D eigenvalue weighted by molar-refractivity contribution is 5.98. The quantitative estimate of drug-likeness (QED) is 0.609. The van der Waals surface area contributed by atoms with E-state index in [0.717, 1.165) is 16.7 Å². The Kier molecular flexibility index (Phi) is 5.20. The molecule has 0 spiro atoms. The summed E-state index contributed by atoms with van der Waals surface area (Å²) < 4.78 is 16.8. The van der Waals surface area contributed by atoms with E-state index >= 15 is 0 Å². The molecular weight excluding hydrogens is 370 g/mol. The second-order valence-electron chi connectivity index (χ2n) is 6.87. The molecule has 4 rings (SSSR count). The van der Waals surface area contributed by atoms with Crippen LogP contribution in [-0.2, 0) is 13.0 Å². The first-order chi connectivity index (χ1) is 14.1. The summed E-state index contributed by atoms with van der Waals surface area (Å²) >= 11 is 0. The molecule has 150 valence electrons. The molecule has 2 heterocycles. The molecular formula is C22H23N3O4. The number of nitrogens with zero attached hydrogens (tertiary/aromatic N) is 3. The average Bonchev–Trinajstić information content (AvgIpc) is 3.29. The Morgan fingerprint density at radius 1 is 1.17 bits per heavy atom. The van der Waals surface area contributed by atoms with Gasteiger partial charge in [-0.15, -0.1) is 10.2 Å². The first kappa shape index (κ1) is 19.0. The van der Waals surface area contributed by atoms with Crippen molar-refractivity contribution < 1.29 is 18.7 Å². The Bertz CT molecular complexity index is 1030. The summed E-state index contributed by atoms with van der Waals surface area (Å²) in [4.78, 5) is 15.0. The topological polar surface area (TPSA) is 77.7 Å². The molecule has 0 radical (unpaired) electrons. The number of fused-ring (bicyclic) bond motifs is 1. The summed E-state index contributed by atoms with van der Waals surface area (Å²) in [6.07, 6.45) is 0.415. The molecule has 1 aliphatic rings. The number of benzene rings is 2. The number of hydrogen-bond donors (Lipinski definition) is 0. The van der Waals surface area contributed by atoms with E-state index in [0.29, 0.717) is 42.9 Å². The highest BCUT2D eigenvalue weighted by Crippen LogP contribution is 2.37. The maximum atomic E-state index is 13.1. The molecule has 0 aliphatic carbocycles. The minimum Gasteiger partial charge on any atom is -0.493 e. The van der Waals surface area contributed by atoms with Gasteiger partial charge in [0.2, 0.25) is 11.8 Å². The highest BCUT2D eigenvalue weighted by atomic mass is 16.5. The molecule has 1 atom stereocenters. The molecule has 3 aromatic rings. The normalized spacial score (nSPS) is 14.0. The van der Waals surface area contributed by atoms with Crippen LogP contribution < -0.4 is 9.47 Å². The fraction of sp³-hybridized carbons (Fsp3) is 0.318. The fourth-order valence-corrected chi connectivity index (χ4v) is 3.69. The number of rotatable bonds is 7. The lowest BCUT2D eigenvalue weighted by Crippen LogP contribution is -2.30. The van der Waals surface area contributed by atoms with Crippen LogP contribution in [0.1, 0.15) is 46.2 Å². The van der Waals surface area contributed by atoms with Gasteiger partial charge in [-0.3, -0.25) is 4.79 Å². The monoisotopic (exact) mass is 393 g/mol. The smallest absolute Gasteiger partial charge is 0.255 e. The summed E-state index contributed by atoms with van der Waals surface area (Å²) in [6, 6.07) is 13.1. The molecule has 0 fully saturated rings. The van der Waals surface area contributed by atoms with Crippen LogP contribution in [0.5, 0.6) is 11.5 Å². The van der Waals surface area contributed by atoms with E-state index < -0.39 is 0 Å². The van der Waals surface area contributed by atoms with Gasteiger partial charge in [-0.2, -0.15) is 0 Å². The molecule has 0 N–H and O–H groups in total. The zero-order chi connectivity index (χ0) is 20.4. The largest absolute Gasteiger partial charge is 0.493 e. The van der Waals surface area contributed by atoms with Gasteiger partial charge in [0, 0.05) is 19.0 Å². The molecule has 1 amide bonds. The lowest BCUT2D eigenvalue weighted by molar-refractivity contribution is 0.0693. The average molecular weight is 393 g/mol. The van der Waals surface area contributed by atoms with Crippen LogP contribution in [0.3, 0.4) is 0 Å². The highest BCUT2D eigenvalue weighted by Gasteiger charge is 2.34.